The Hall–Kier alpha value is -0.830. The van der Waals surface area contributed by atoms with Gasteiger partial charge in [-0.3, -0.25) is 0 Å². The van der Waals surface area contributed by atoms with Gasteiger partial charge in [0.15, 0.2) is 0 Å². The van der Waals surface area contributed by atoms with Crippen molar-refractivity contribution in [3.8, 4) is 0 Å². The van der Waals surface area contributed by atoms with Crippen molar-refractivity contribution in [1.29, 1.82) is 0 Å². The lowest BCUT2D eigenvalue weighted by molar-refractivity contribution is 0.289. The van der Waals surface area contributed by atoms with Gasteiger partial charge in [-0.15, -0.1) is 0 Å². The highest BCUT2D eigenvalue weighted by atomic mass is 15.1. The number of hydrogen-bond acceptors (Lipinski definition) is 2. The van der Waals surface area contributed by atoms with Crippen LogP contribution in [0.4, 0.5) is 0 Å². The number of rotatable bonds is 5. The molecule has 0 atom stereocenters. The van der Waals surface area contributed by atoms with Gasteiger partial charge in [0.2, 0.25) is 0 Å². The van der Waals surface area contributed by atoms with Crippen LogP contribution in [0.5, 0.6) is 0 Å². The summed E-state index contributed by atoms with van der Waals surface area (Å²) in [6, 6.07) is 0. The Morgan fingerprint density at radius 1 is 1.29 bits per heavy atom. The topological polar surface area (TPSA) is 21.1 Å². The van der Waals surface area contributed by atoms with Gasteiger partial charge in [0, 0.05) is 18.8 Å². The Labute approximate surface area is 86.7 Å². The van der Waals surface area contributed by atoms with Crippen LogP contribution in [0, 0.1) is 13.8 Å². The minimum atomic E-state index is 1.05. The zero-order chi connectivity index (χ0) is 10.6. The van der Waals surface area contributed by atoms with Gasteiger partial charge in [0.25, 0.3) is 0 Å². The van der Waals surface area contributed by atoms with Crippen molar-refractivity contribution in [3.05, 3.63) is 17.7 Å². The van der Waals surface area contributed by atoms with Gasteiger partial charge in [-0.2, -0.15) is 0 Å². The summed E-state index contributed by atoms with van der Waals surface area (Å²) in [5, 5.41) is 0. The molecule has 0 bridgehead atoms. The number of nitrogens with zero attached hydrogens (tertiary/aromatic N) is 3. The average molecular weight is 195 g/mol. The molecule has 3 nitrogen and oxygen atoms in total. The summed E-state index contributed by atoms with van der Waals surface area (Å²) in [4.78, 5) is 6.72. The first kappa shape index (κ1) is 11.2. The molecule has 0 aromatic carbocycles. The molecule has 0 amide bonds. The molecule has 14 heavy (non-hydrogen) atoms. The van der Waals surface area contributed by atoms with Crippen molar-refractivity contribution in [2.75, 3.05) is 19.6 Å². The van der Waals surface area contributed by atoms with Gasteiger partial charge in [-0.05, 0) is 26.9 Å². The third-order valence-electron chi connectivity index (χ3n) is 2.90. The van der Waals surface area contributed by atoms with Crippen LogP contribution in [-0.4, -0.2) is 34.1 Å². The first-order chi connectivity index (χ1) is 6.69. The Bertz CT molecular complexity index is 274. The summed E-state index contributed by atoms with van der Waals surface area (Å²) in [7, 11) is 0. The van der Waals surface area contributed by atoms with Crippen molar-refractivity contribution in [2.45, 2.75) is 34.2 Å². The van der Waals surface area contributed by atoms with E-state index in [0.29, 0.717) is 0 Å². The third-order valence-corrected chi connectivity index (χ3v) is 2.90. The molecule has 0 aliphatic heterocycles. The van der Waals surface area contributed by atoms with E-state index in [-0.39, 0.29) is 0 Å². The number of imidazole rings is 1. The van der Waals surface area contributed by atoms with Gasteiger partial charge < -0.3 is 9.47 Å². The van der Waals surface area contributed by atoms with E-state index in [0.717, 1.165) is 31.9 Å². The highest BCUT2D eigenvalue weighted by Gasteiger charge is 2.03. The van der Waals surface area contributed by atoms with Crippen LogP contribution in [0.25, 0.3) is 0 Å². The summed E-state index contributed by atoms with van der Waals surface area (Å²) < 4.78 is 2.23. The van der Waals surface area contributed by atoms with E-state index in [1.807, 2.05) is 6.33 Å². The zero-order valence-corrected chi connectivity index (χ0v) is 9.75. The summed E-state index contributed by atoms with van der Waals surface area (Å²) in [5.74, 6) is 0. The normalized spacial score (nSPS) is 11.2. The fourth-order valence-electron chi connectivity index (χ4n) is 1.56. The smallest absolute Gasteiger partial charge is 0.0951 e. The second kappa shape index (κ2) is 5.15. The maximum atomic E-state index is 4.29. The maximum Gasteiger partial charge on any atom is 0.0951 e. The summed E-state index contributed by atoms with van der Waals surface area (Å²) in [6.07, 6.45) is 1.94. The van der Waals surface area contributed by atoms with Gasteiger partial charge in [0.05, 0.1) is 12.0 Å². The van der Waals surface area contributed by atoms with E-state index in [1.165, 1.54) is 5.69 Å². The molecule has 0 saturated carbocycles. The molecule has 0 unspecified atom stereocenters. The number of hydrogen-bond donors (Lipinski definition) is 0. The van der Waals surface area contributed by atoms with Crippen LogP contribution in [0.1, 0.15) is 25.2 Å². The third kappa shape index (κ3) is 2.58. The van der Waals surface area contributed by atoms with E-state index in [1.54, 1.807) is 0 Å². The summed E-state index contributed by atoms with van der Waals surface area (Å²) >= 11 is 0. The molecule has 1 aromatic rings. The molecule has 0 fully saturated rings. The van der Waals surface area contributed by atoms with Crippen LogP contribution in [-0.2, 0) is 6.54 Å². The zero-order valence-electron chi connectivity index (χ0n) is 9.75. The van der Waals surface area contributed by atoms with E-state index in [4.69, 9.17) is 0 Å². The lowest BCUT2D eigenvalue weighted by Crippen LogP contribution is -2.27. The van der Waals surface area contributed by atoms with Crippen LogP contribution in [0.15, 0.2) is 6.33 Å². The molecular weight excluding hydrogens is 174 g/mol. The minimum Gasteiger partial charge on any atom is -0.333 e. The molecule has 80 valence electrons. The second-order valence-electron chi connectivity index (χ2n) is 3.64. The highest BCUT2D eigenvalue weighted by molar-refractivity contribution is 5.08. The van der Waals surface area contributed by atoms with Gasteiger partial charge in [-0.1, -0.05) is 13.8 Å². The number of aryl methyl sites for hydroxylation is 1. The van der Waals surface area contributed by atoms with Gasteiger partial charge in [0.1, 0.15) is 0 Å². The molecule has 0 saturated heterocycles. The predicted molar refractivity (Wildman–Crippen MR) is 59.5 cm³/mol. The summed E-state index contributed by atoms with van der Waals surface area (Å²) in [6.45, 7) is 13.0. The molecule has 1 heterocycles. The van der Waals surface area contributed by atoms with Crippen molar-refractivity contribution in [2.24, 2.45) is 0 Å². The lowest BCUT2D eigenvalue weighted by atomic mass is 10.4. The van der Waals surface area contributed by atoms with Crippen molar-refractivity contribution in [3.63, 3.8) is 0 Å². The molecule has 1 aromatic heterocycles. The fourth-order valence-corrected chi connectivity index (χ4v) is 1.56. The largest absolute Gasteiger partial charge is 0.333 e. The molecule has 0 aliphatic carbocycles. The molecular formula is C11H21N3. The van der Waals surface area contributed by atoms with E-state index in [9.17, 15) is 0 Å². The standard InChI is InChI=1S/C11H21N3/c1-5-13(6-2)7-8-14-9-12-10(3)11(14)4/h9H,5-8H2,1-4H3. The Morgan fingerprint density at radius 3 is 2.36 bits per heavy atom. The van der Waals surface area contributed by atoms with Gasteiger partial charge in [-0.25, -0.2) is 4.98 Å². The first-order valence-corrected chi connectivity index (χ1v) is 5.39. The van der Waals surface area contributed by atoms with E-state index >= 15 is 0 Å². The fraction of sp³-hybridized carbons (Fsp3) is 0.727. The molecule has 0 spiro atoms. The van der Waals surface area contributed by atoms with Crippen LogP contribution < -0.4 is 0 Å². The maximum absolute atomic E-state index is 4.29. The van der Waals surface area contributed by atoms with Gasteiger partial charge >= 0.3 is 0 Å². The molecule has 0 radical (unpaired) electrons. The molecule has 3 heteroatoms. The predicted octanol–water partition coefficient (Wildman–Crippen LogP) is 1.84. The minimum absolute atomic E-state index is 1.05. The Morgan fingerprint density at radius 2 is 1.93 bits per heavy atom. The van der Waals surface area contributed by atoms with Crippen molar-refractivity contribution < 1.29 is 0 Å². The van der Waals surface area contributed by atoms with Crippen LogP contribution >= 0.6 is 0 Å². The van der Waals surface area contributed by atoms with Crippen molar-refractivity contribution in [1.82, 2.24) is 14.5 Å². The quantitative estimate of drug-likeness (QED) is 0.715. The van der Waals surface area contributed by atoms with E-state index in [2.05, 4.69) is 42.1 Å². The highest BCUT2D eigenvalue weighted by Crippen LogP contribution is 2.04. The van der Waals surface area contributed by atoms with E-state index < -0.39 is 0 Å². The average Bonchev–Trinajstić information content (AvgIpc) is 2.51. The molecule has 0 aliphatic rings. The first-order valence-electron chi connectivity index (χ1n) is 5.39. The Kier molecular flexibility index (Phi) is 4.14. The molecule has 1 rings (SSSR count). The lowest BCUT2D eigenvalue weighted by Gasteiger charge is -2.18. The SMILES string of the molecule is CCN(CC)CCn1cnc(C)c1C. The molecule has 0 N–H and O–H groups in total. The number of likely N-dealkylation sites (N-methyl/N-ethyl adjacent to an activating group) is 1. The second-order valence-corrected chi connectivity index (χ2v) is 3.64. The number of aromatic nitrogens is 2. The Balaban J connectivity index is 2.49. The van der Waals surface area contributed by atoms with Crippen molar-refractivity contribution >= 4 is 0 Å². The summed E-state index contributed by atoms with van der Waals surface area (Å²) in [5.41, 5.74) is 2.43. The van der Waals surface area contributed by atoms with Crippen LogP contribution in [0.2, 0.25) is 0 Å². The van der Waals surface area contributed by atoms with Crippen LogP contribution in [0.3, 0.4) is 0 Å². The monoisotopic (exact) mass is 195 g/mol.